The summed E-state index contributed by atoms with van der Waals surface area (Å²) in [6, 6.07) is 23.8. The number of benzene rings is 3. The number of carbonyl (C=O) groups excluding carboxylic acids is 3. The summed E-state index contributed by atoms with van der Waals surface area (Å²) in [4.78, 5) is 74.9. The van der Waals surface area contributed by atoms with Gasteiger partial charge in [-0.25, -0.2) is 19.6 Å². The molecule has 5 heterocycles. The van der Waals surface area contributed by atoms with Crippen molar-refractivity contribution >= 4 is 34.8 Å². The van der Waals surface area contributed by atoms with E-state index in [2.05, 4.69) is 91.2 Å². The van der Waals surface area contributed by atoms with Crippen molar-refractivity contribution in [2.45, 2.75) is 63.7 Å². The summed E-state index contributed by atoms with van der Waals surface area (Å²) in [5.41, 5.74) is 6.16. The predicted octanol–water partition coefficient (Wildman–Crippen LogP) is 7.40. The van der Waals surface area contributed by atoms with Crippen LogP contribution in [0.2, 0.25) is 0 Å². The van der Waals surface area contributed by atoms with E-state index < -0.39 is 24.3 Å². The minimum Gasteiger partial charge on any atom is -0.465 e. The molecular weight excluding hydrogens is 763 g/mol. The summed E-state index contributed by atoms with van der Waals surface area (Å²) >= 11 is 0. The number of nitrogens with one attached hydrogen (secondary N) is 4. The third-order valence-corrected chi connectivity index (χ3v) is 11.5. The van der Waals surface area contributed by atoms with E-state index in [1.165, 1.54) is 7.11 Å². The molecule has 308 valence electrons. The van der Waals surface area contributed by atoms with Gasteiger partial charge in [0.05, 0.1) is 48.7 Å². The number of hydrogen-bond donors (Lipinski definition) is 5. The highest BCUT2D eigenvalue weighted by Crippen LogP contribution is 2.36. The Hall–Kier alpha value is -7.03. The van der Waals surface area contributed by atoms with Gasteiger partial charge in [0.1, 0.15) is 17.7 Å². The average Bonchev–Trinajstić information content (AvgIpc) is 4.11. The molecule has 6 aromatic rings. The minimum atomic E-state index is -1.21. The van der Waals surface area contributed by atoms with Gasteiger partial charge in [-0.1, -0.05) is 68.4 Å². The van der Waals surface area contributed by atoms with Crippen molar-refractivity contribution in [2.75, 3.05) is 20.2 Å². The number of hydrogen-bond acceptors (Lipinski definition) is 8. The first kappa shape index (κ1) is 39.8. The fourth-order valence-electron chi connectivity index (χ4n) is 8.35. The molecule has 0 bridgehead atoms. The molecule has 0 spiro atoms. The van der Waals surface area contributed by atoms with Crippen LogP contribution in [0.3, 0.4) is 0 Å². The van der Waals surface area contributed by atoms with E-state index >= 15 is 0 Å². The van der Waals surface area contributed by atoms with Gasteiger partial charge in [0, 0.05) is 24.8 Å². The first-order valence-electron chi connectivity index (χ1n) is 20.2. The molecule has 2 fully saturated rings. The quantitative estimate of drug-likeness (QED) is 0.0885. The number of ether oxygens (including phenoxy) is 1. The molecule has 2 aliphatic rings. The number of nitrogens with zero attached hydrogens (tertiary/aromatic N) is 5. The van der Waals surface area contributed by atoms with Gasteiger partial charge in [0.15, 0.2) is 6.04 Å². The van der Waals surface area contributed by atoms with E-state index in [1.807, 2.05) is 13.8 Å². The maximum Gasteiger partial charge on any atom is 0.407 e. The summed E-state index contributed by atoms with van der Waals surface area (Å²) in [6.45, 7) is 4.74. The van der Waals surface area contributed by atoms with Gasteiger partial charge in [0.25, 0.3) is 5.91 Å². The highest BCUT2D eigenvalue weighted by Gasteiger charge is 2.39. The van der Waals surface area contributed by atoms with E-state index in [-0.39, 0.29) is 29.8 Å². The minimum absolute atomic E-state index is 0.191. The van der Waals surface area contributed by atoms with Crippen LogP contribution < -0.4 is 10.6 Å². The number of methoxy groups -OCH3 is 1. The largest absolute Gasteiger partial charge is 0.465 e. The second-order valence-electron chi connectivity index (χ2n) is 15.6. The zero-order valence-electron chi connectivity index (χ0n) is 33.6. The number of H-pyrrole nitrogens is 2. The summed E-state index contributed by atoms with van der Waals surface area (Å²) in [6.07, 6.45) is 6.32. The third-order valence-electron chi connectivity index (χ3n) is 11.5. The Kier molecular flexibility index (Phi) is 11.3. The van der Waals surface area contributed by atoms with Crippen LogP contribution in [-0.4, -0.2) is 90.1 Å². The number of aromatic nitrogens is 5. The van der Waals surface area contributed by atoms with Crippen molar-refractivity contribution < 1.29 is 29.0 Å². The lowest BCUT2D eigenvalue weighted by atomic mass is 9.98. The van der Waals surface area contributed by atoms with Gasteiger partial charge in [0.2, 0.25) is 5.91 Å². The fraction of sp³-hybridized carbons (Fsp3) is 0.311. The van der Waals surface area contributed by atoms with Crippen molar-refractivity contribution in [3.05, 3.63) is 115 Å². The zero-order chi connectivity index (χ0) is 41.9. The van der Waals surface area contributed by atoms with Crippen molar-refractivity contribution in [3.63, 3.8) is 0 Å². The van der Waals surface area contributed by atoms with Crippen LogP contribution >= 0.6 is 0 Å². The molecular formula is C45H47N9O6. The molecule has 0 radical (unpaired) electrons. The molecule has 4 amide bonds. The SMILES string of the molecule is COC(=O)NC(C(=O)N1CCCC1c1ncc(-c2ccc(-c3ccc4cc(-c5cnc(C6CCCN6C(=O)C(NC(=O)O)C(C)C)[nH]5)ccc4c3)cc2)[nH]1)c1ccccn1. The summed E-state index contributed by atoms with van der Waals surface area (Å²) in [5.74, 6) is 0.669. The van der Waals surface area contributed by atoms with Crippen LogP contribution in [0.4, 0.5) is 9.59 Å². The van der Waals surface area contributed by atoms with Crippen LogP contribution in [-0.2, 0) is 14.3 Å². The van der Waals surface area contributed by atoms with Gasteiger partial charge in [-0.05, 0) is 83.3 Å². The molecule has 4 unspecified atom stereocenters. The maximum absolute atomic E-state index is 13.9. The summed E-state index contributed by atoms with van der Waals surface area (Å²) in [7, 11) is 1.26. The molecule has 0 saturated carbocycles. The van der Waals surface area contributed by atoms with E-state index in [0.29, 0.717) is 30.4 Å². The molecule has 4 atom stereocenters. The number of carbonyl (C=O) groups is 4. The molecule has 8 rings (SSSR count). The normalized spacial score (nSPS) is 17.5. The number of fused-ring (bicyclic) bond motifs is 1. The van der Waals surface area contributed by atoms with Crippen molar-refractivity contribution in [2.24, 2.45) is 5.92 Å². The number of imidazole rings is 2. The Labute approximate surface area is 346 Å². The van der Waals surface area contributed by atoms with Gasteiger partial charge in [-0.2, -0.15) is 0 Å². The van der Waals surface area contributed by atoms with Gasteiger partial charge in [-0.3, -0.25) is 14.6 Å². The number of likely N-dealkylation sites (tertiary alicyclic amines) is 2. The lowest BCUT2D eigenvalue weighted by Crippen LogP contribution is -2.50. The van der Waals surface area contributed by atoms with Gasteiger partial charge in [-0.15, -0.1) is 0 Å². The standard InChI is InChI=1S/C45H47N9O6/c1-26(2)38(51-44(57)58)42(55)53-20-6-9-36(53)41-48-25-35(50-41)32-18-17-30-22-29(15-16-31(30)23-32)27-11-13-28(14-12-27)34-24-47-40(49-34)37-10-7-21-54(37)43(56)39(52-45(59)60-3)33-8-4-5-19-46-33/h4-5,8,11-19,22-26,36-39,51H,6-7,9-10,20-21H2,1-3H3,(H,47,49)(H,48,50)(H,52,59)(H,57,58). The highest BCUT2D eigenvalue weighted by molar-refractivity contribution is 5.91. The second kappa shape index (κ2) is 17.1. The Bertz CT molecular complexity index is 2520. The fourth-order valence-corrected chi connectivity index (χ4v) is 8.35. The van der Waals surface area contributed by atoms with Crippen LogP contribution in [0.5, 0.6) is 0 Å². The van der Waals surface area contributed by atoms with Crippen LogP contribution in [0.1, 0.15) is 75.0 Å². The first-order valence-corrected chi connectivity index (χ1v) is 20.2. The summed E-state index contributed by atoms with van der Waals surface area (Å²) in [5, 5.41) is 16.5. The number of aromatic amines is 2. The lowest BCUT2D eigenvalue weighted by Gasteiger charge is -2.29. The molecule has 3 aromatic carbocycles. The molecule has 2 aliphatic heterocycles. The molecule has 2 saturated heterocycles. The van der Waals surface area contributed by atoms with Crippen molar-refractivity contribution in [1.29, 1.82) is 0 Å². The number of amides is 4. The van der Waals surface area contributed by atoms with E-state index in [9.17, 15) is 24.3 Å². The van der Waals surface area contributed by atoms with Gasteiger partial charge >= 0.3 is 12.2 Å². The number of pyridine rings is 1. The molecule has 0 aliphatic carbocycles. The van der Waals surface area contributed by atoms with Crippen LogP contribution in [0, 0.1) is 5.92 Å². The maximum atomic E-state index is 13.9. The summed E-state index contributed by atoms with van der Waals surface area (Å²) < 4.78 is 4.80. The van der Waals surface area contributed by atoms with Crippen LogP contribution in [0.25, 0.3) is 44.4 Å². The van der Waals surface area contributed by atoms with E-state index in [4.69, 9.17) is 9.72 Å². The lowest BCUT2D eigenvalue weighted by molar-refractivity contribution is -0.136. The van der Waals surface area contributed by atoms with E-state index in [1.54, 1.807) is 46.6 Å². The van der Waals surface area contributed by atoms with Crippen molar-refractivity contribution in [1.82, 2.24) is 45.4 Å². The third kappa shape index (κ3) is 8.15. The Morgan fingerprint density at radius 3 is 1.87 bits per heavy atom. The number of carboxylic acid groups (broad SMARTS) is 1. The Balaban J connectivity index is 0.946. The highest BCUT2D eigenvalue weighted by atomic mass is 16.5. The predicted molar refractivity (Wildman–Crippen MR) is 224 cm³/mol. The molecule has 15 nitrogen and oxygen atoms in total. The Morgan fingerprint density at radius 2 is 1.28 bits per heavy atom. The monoisotopic (exact) mass is 809 g/mol. The molecule has 5 N–H and O–H groups in total. The average molecular weight is 810 g/mol. The van der Waals surface area contributed by atoms with Crippen molar-refractivity contribution in [3.8, 4) is 33.6 Å². The molecule has 15 heteroatoms. The second-order valence-corrected chi connectivity index (χ2v) is 15.6. The number of alkyl carbamates (subject to hydrolysis) is 1. The Morgan fingerprint density at radius 1 is 0.717 bits per heavy atom. The van der Waals surface area contributed by atoms with Gasteiger partial charge < -0.3 is 40.2 Å². The van der Waals surface area contributed by atoms with E-state index in [0.717, 1.165) is 70.1 Å². The zero-order valence-corrected chi connectivity index (χ0v) is 33.6. The first-order chi connectivity index (χ1) is 29.1. The topological polar surface area (TPSA) is 199 Å². The number of rotatable bonds is 11. The molecule has 3 aromatic heterocycles. The van der Waals surface area contributed by atoms with Crippen LogP contribution in [0.15, 0.2) is 97.5 Å². The molecule has 60 heavy (non-hydrogen) atoms. The smallest absolute Gasteiger partial charge is 0.407 e.